The Morgan fingerprint density at radius 3 is 2.62 bits per heavy atom. The lowest BCUT2D eigenvalue weighted by Crippen LogP contribution is -2.21. The molecule has 2 nitrogen and oxygen atoms in total. The first-order valence-corrected chi connectivity index (χ1v) is 4.55. The predicted octanol–water partition coefficient (Wildman–Crippen LogP) is 1.56. The maximum absolute atomic E-state index is 9.13. The Labute approximate surface area is 79.6 Å². The minimum absolute atomic E-state index is 0.0555. The van der Waals surface area contributed by atoms with Crippen molar-refractivity contribution >= 4 is 0 Å². The van der Waals surface area contributed by atoms with Gasteiger partial charge in [0.15, 0.2) is 0 Å². The van der Waals surface area contributed by atoms with Gasteiger partial charge in [-0.3, -0.25) is 0 Å². The molecule has 0 aliphatic rings. The number of likely N-dealkylation sites (N-methyl/N-ethyl adjacent to an activating group) is 1. The van der Waals surface area contributed by atoms with Gasteiger partial charge in [0.2, 0.25) is 0 Å². The van der Waals surface area contributed by atoms with Crippen LogP contribution in [-0.4, -0.2) is 18.8 Å². The van der Waals surface area contributed by atoms with Gasteiger partial charge in [0.05, 0.1) is 12.6 Å². The van der Waals surface area contributed by atoms with E-state index in [1.165, 1.54) is 16.7 Å². The molecule has 2 N–H and O–H groups in total. The second-order valence-corrected chi connectivity index (χ2v) is 3.31. The van der Waals surface area contributed by atoms with Crippen LogP contribution in [0.3, 0.4) is 0 Å². The lowest BCUT2D eigenvalue weighted by Gasteiger charge is -2.17. The molecular formula is C11H17NO. The molecule has 0 fully saturated rings. The lowest BCUT2D eigenvalue weighted by molar-refractivity contribution is 0.250. The Balaban J connectivity index is 3.05. The Morgan fingerprint density at radius 2 is 2.08 bits per heavy atom. The number of benzene rings is 1. The third-order valence-electron chi connectivity index (χ3n) is 2.55. The van der Waals surface area contributed by atoms with Crippen LogP contribution >= 0.6 is 0 Å². The molecule has 1 unspecified atom stereocenters. The monoisotopic (exact) mass is 179 g/mol. The van der Waals surface area contributed by atoms with Gasteiger partial charge in [0, 0.05) is 0 Å². The van der Waals surface area contributed by atoms with E-state index in [0.29, 0.717) is 0 Å². The average Bonchev–Trinajstić information content (AvgIpc) is 2.14. The first-order valence-electron chi connectivity index (χ1n) is 4.55. The number of aryl methyl sites for hydroxylation is 1. The van der Waals surface area contributed by atoms with Crippen molar-refractivity contribution in [3.05, 3.63) is 34.9 Å². The van der Waals surface area contributed by atoms with E-state index in [1.807, 2.05) is 13.1 Å². The van der Waals surface area contributed by atoms with E-state index < -0.39 is 0 Å². The van der Waals surface area contributed by atoms with Crippen LogP contribution in [-0.2, 0) is 0 Å². The van der Waals surface area contributed by atoms with Gasteiger partial charge in [0.1, 0.15) is 0 Å². The molecule has 0 aromatic heterocycles. The van der Waals surface area contributed by atoms with Crippen molar-refractivity contribution in [2.75, 3.05) is 13.7 Å². The second kappa shape index (κ2) is 4.40. The van der Waals surface area contributed by atoms with E-state index in [0.717, 1.165) is 0 Å². The summed E-state index contributed by atoms with van der Waals surface area (Å²) in [4.78, 5) is 0. The zero-order valence-corrected chi connectivity index (χ0v) is 8.46. The largest absolute Gasteiger partial charge is 0.394 e. The first kappa shape index (κ1) is 10.2. The maximum atomic E-state index is 9.13. The first-order chi connectivity index (χ1) is 6.20. The van der Waals surface area contributed by atoms with Gasteiger partial charge >= 0.3 is 0 Å². The molecule has 1 aromatic carbocycles. The van der Waals surface area contributed by atoms with E-state index in [-0.39, 0.29) is 12.6 Å². The minimum Gasteiger partial charge on any atom is -0.394 e. The van der Waals surface area contributed by atoms with Crippen molar-refractivity contribution in [2.24, 2.45) is 0 Å². The number of aliphatic hydroxyl groups is 1. The van der Waals surface area contributed by atoms with Gasteiger partial charge in [-0.15, -0.1) is 0 Å². The van der Waals surface area contributed by atoms with Gasteiger partial charge in [0.25, 0.3) is 0 Å². The fourth-order valence-electron chi connectivity index (χ4n) is 1.50. The third-order valence-corrected chi connectivity index (χ3v) is 2.55. The molecule has 1 atom stereocenters. The Hall–Kier alpha value is -0.860. The molecule has 0 radical (unpaired) electrons. The van der Waals surface area contributed by atoms with Gasteiger partial charge in [-0.25, -0.2) is 0 Å². The molecule has 0 bridgehead atoms. The highest BCUT2D eigenvalue weighted by Crippen LogP contribution is 2.19. The van der Waals surface area contributed by atoms with Crippen LogP contribution in [0.25, 0.3) is 0 Å². The van der Waals surface area contributed by atoms with Crippen LogP contribution < -0.4 is 5.32 Å². The van der Waals surface area contributed by atoms with Gasteiger partial charge in [-0.05, 0) is 37.6 Å². The Kier molecular flexibility index (Phi) is 3.46. The van der Waals surface area contributed by atoms with E-state index >= 15 is 0 Å². The molecule has 0 spiro atoms. The Bertz CT molecular complexity index is 279. The number of hydrogen-bond acceptors (Lipinski definition) is 2. The molecule has 0 amide bonds. The highest BCUT2D eigenvalue weighted by Gasteiger charge is 2.10. The number of hydrogen-bond donors (Lipinski definition) is 2. The quantitative estimate of drug-likeness (QED) is 0.738. The SMILES string of the molecule is CNC(CO)c1cccc(C)c1C. The van der Waals surface area contributed by atoms with E-state index in [1.54, 1.807) is 0 Å². The summed E-state index contributed by atoms with van der Waals surface area (Å²) < 4.78 is 0. The average molecular weight is 179 g/mol. The van der Waals surface area contributed by atoms with Crippen LogP contribution in [0.2, 0.25) is 0 Å². The van der Waals surface area contributed by atoms with E-state index in [2.05, 4.69) is 31.3 Å². The highest BCUT2D eigenvalue weighted by molar-refractivity contribution is 5.35. The molecule has 0 saturated carbocycles. The molecule has 1 aromatic rings. The van der Waals surface area contributed by atoms with Crippen LogP contribution in [0.5, 0.6) is 0 Å². The fraction of sp³-hybridized carbons (Fsp3) is 0.455. The molecule has 0 aliphatic heterocycles. The standard InChI is InChI=1S/C11H17NO/c1-8-5-4-6-10(9(8)2)11(7-13)12-3/h4-6,11-13H,7H2,1-3H3. The van der Waals surface area contributed by atoms with Gasteiger partial charge in [-0.2, -0.15) is 0 Å². The summed E-state index contributed by atoms with van der Waals surface area (Å²) in [7, 11) is 1.86. The van der Waals surface area contributed by atoms with Crippen LogP contribution in [0, 0.1) is 13.8 Å². The molecule has 0 aliphatic carbocycles. The summed E-state index contributed by atoms with van der Waals surface area (Å²) in [5, 5.41) is 12.2. The number of aliphatic hydroxyl groups excluding tert-OH is 1. The summed E-state index contributed by atoms with van der Waals surface area (Å²) in [6, 6.07) is 6.22. The molecule has 0 heterocycles. The van der Waals surface area contributed by atoms with Gasteiger partial charge in [-0.1, -0.05) is 18.2 Å². The second-order valence-electron chi connectivity index (χ2n) is 3.31. The zero-order chi connectivity index (χ0) is 9.84. The summed E-state index contributed by atoms with van der Waals surface area (Å²) in [5.41, 5.74) is 3.71. The lowest BCUT2D eigenvalue weighted by atomic mass is 9.98. The Morgan fingerprint density at radius 1 is 1.38 bits per heavy atom. The van der Waals surface area contributed by atoms with E-state index in [4.69, 9.17) is 5.11 Å². The van der Waals surface area contributed by atoms with Crippen molar-refractivity contribution in [3.8, 4) is 0 Å². The van der Waals surface area contributed by atoms with Crippen molar-refractivity contribution < 1.29 is 5.11 Å². The molecular weight excluding hydrogens is 162 g/mol. The topological polar surface area (TPSA) is 32.3 Å². The third kappa shape index (κ3) is 2.08. The smallest absolute Gasteiger partial charge is 0.0626 e. The minimum atomic E-state index is 0.0555. The molecule has 72 valence electrons. The summed E-state index contributed by atoms with van der Waals surface area (Å²) >= 11 is 0. The molecule has 13 heavy (non-hydrogen) atoms. The fourth-order valence-corrected chi connectivity index (χ4v) is 1.50. The van der Waals surface area contributed by atoms with Crippen molar-refractivity contribution in [1.82, 2.24) is 5.32 Å². The highest BCUT2D eigenvalue weighted by atomic mass is 16.3. The van der Waals surface area contributed by atoms with Crippen LogP contribution in [0.15, 0.2) is 18.2 Å². The summed E-state index contributed by atoms with van der Waals surface area (Å²) in [5.74, 6) is 0. The van der Waals surface area contributed by atoms with Crippen LogP contribution in [0.1, 0.15) is 22.7 Å². The maximum Gasteiger partial charge on any atom is 0.0626 e. The van der Waals surface area contributed by atoms with Crippen molar-refractivity contribution in [3.63, 3.8) is 0 Å². The summed E-state index contributed by atoms with van der Waals surface area (Å²) in [6.45, 7) is 4.31. The zero-order valence-electron chi connectivity index (χ0n) is 8.46. The number of rotatable bonds is 3. The van der Waals surface area contributed by atoms with Gasteiger partial charge < -0.3 is 10.4 Å². The van der Waals surface area contributed by atoms with Crippen molar-refractivity contribution in [2.45, 2.75) is 19.9 Å². The molecule has 1 rings (SSSR count). The molecule has 0 saturated heterocycles. The van der Waals surface area contributed by atoms with Crippen LogP contribution in [0.4, 0.5) is 0 Å². The van der Waals surface area contributed by atoms with E-state index in [9.17, 15) is 0 Å². The number of nitrogens with one attached hydrogen (secondary N) is 1. The normalized spacial score (nSPS) is 12.9. The predicted molar refractivity (Wildman–Crippen MR) is 54.8 cm³/mol. The van der Waals surface area contributed by atoms with Crippen molar-refractivity contribution in [1.29, 1.82) is 0 Å². The summed E-state index contributed by atoms with van der Waals surface area (Å²) in [6.07, 6.45) is 0. The molecule has 2 heteroatoms.